The number of pyridine rings is 1. The molecule has 0 unspecified atom stereocenters. The maximum absolute atomic E-state index is 5.73. The highest BCUT2D eigenvalue weighted by Gasteiger charge is 2.25. The molecular weight excluding hydrogens is 214 g/mol. The molecule has 2 N–H and O–H groups in total. The summed E-state index contributed by atoms with van der Waals surface area (Å²) in [4.78, 5) is 6.61. The van der Waals surface area contributed by atoms with Gasteiger partial charge in [0.2, 0.25) is 0 Å². The fourth-order valence-corrected chi connectivity index (χ4v) is 1.75. The Morgan fingerprint density at radius 3 is 2.82 bits per heavy atom. The molecule has 1 saturated carbocycles. The third-order valence-corrected chi connectivity index (χ3v) is 3.11. The molecule has 4 nitrogen and oxygen atoms in total. The number of nitrogens with two attached hydrogens (primary N) is 1. The van der Waals surface area contributed by atoms with Gasteiger partial charge in [-0.2, -0.15) is 0 Å². The molecule has 1 fully saturated rings. The topological polar surface area (TPSA) is 51.4 Å². The number of hydrogen-bond acceptors (Lipinski definition) is 4. The Morgan fingerprint density at radius 2 is 2.29 bits per heavy atom. The van der Waals surface area contributed by atoms with Gasteiger partial charge >= 0.3 is 0 Å². The number of rotatable bonds is 6. The van der Waals surface area contributed by atoms with E-state index in [9.17, 15) is 0 Å². The minimum absolute atomic E-state index is 0.0231. The quantitative estimate of drug-likeness (QED) is 0.813. The van der Waals surface area contributed by atoms with Crippen LogP contribution in [0.1, 0.15) is 31.5 Å². The molecule has 0 saturated heterocycles. The van der Waals surface area contributed by atoms with Crippen LogP contribution in [0.5, 0.6) is 5.75 Å². The van der Waals surface area contributed by atoms with E-state index >= 15 is 0 Å². The van der Waals surface area contributed by atoms with Gasteiger partial charge in [-0.25, -0.2) is 0 Å². The van der Waals surface area contributed by atoms with Crippen molar-refractivity contribution < 1.29 is 4.74 Å². The highest BCUT2D eigenvalue weighted by Crippen LogP contribution is 2.24. The van der Waals surface area contributed by atoms with Gasteiger partial charge in [0.1, 0.15) is 12.4 Å². The molecule has 94 valence electrons. The van der Waals surface area contributed by atoms with Crippen LogP contribution in [0.25, 0.3) is 0 Å². The van der Waals surface area contributed by atoms with Crippen LogP contribution in [0, 0.1) is 0 Å². The molecule has 1 heterocycles. The largest absolute Gasteiger partial charge is 0.491 e. The number of likely N-dealkylation sites (N-methyl/N-ethyl adjacent to an activating group) is 1. The number of nitrogens with zero attached hydrogens (tertiary/aromatic N) is 2. The standard InChI is InChI=1S/C13H21N3O/c1-10(14)13-6-5-12(9-15-13)17-8-7-16(2)11-3-4-11/h5-6,9-11H,3-4,7-8,14H2,1-2H3/t10-/m0/s1. The Hall–Kier alpha value is -1.13. The molecule has 0 aliphatic heterocycles. The number of ether oxygens (including phenoxy) is 1. The molecule has 1 atom stereocenters. The Labute approximate surface area is 103 Å². The summed E-state index contributed by atoms with van der Waals surface area (Å²) in [6.45, 7) is 3.61. The predicted octanol–water partition coefficient (Wildman–Crippen LogP) is 1.57. The van der Waals surface area contributed by atoms with Crippen LogP contribution in [0.4, 0.5) is 0 Å². The summed E-state index contributed by atoms with van der Waals surface area (Å²) in [5, 5.41) is 0. The van der Waals surface area contributed by atoms with Gasteiger partial charge in [0.15, 0.2) is 0 Å². The zero-order chi connectivity index (χ0) is 12.3. The lowest BCUT2D eigenvalue weighted by atomic mass is 10.2. The van der Waals surface area contributed by atoms with Gasteiger partial charge < -0.3 is 15.4 Å². The summed E-state index contributed by atoms with van der Waals surface area (Å²) in [5.41, 5.74) is 6.63. The van der Waals surface area contributed by atoms with E-state index in [1.807, 2.05) is 19.1 Å². The van der Waals surface area contributed by atoms with Crippen LogP contribution < -0.4 is 10.5 Å². The molecule has 1 aromatic rings. The van der Waals surface area contributed by atoms with Crippen molar-refractivity contribution in [2.24, 2.45) is 5.73 Å². The van der Waals surface area contributed by atoms with Gasteiger partial charge in [-0.3, -0.25) is 4.98 Å². The van der Waals surface area contributed by atoms with E-state index in [0.717, 1.165) is 24.0 Å². The Balaban J connectivity index is 1.74. The third-order valence-electron chi connectivity index (χ3n) is 3.11. The van der Waals surface area contributed by atoms with Crippen molar-refractivity contribution in [3.63, 3.8) is 0 Å². The molecule has 1 aliphatic carbocycles. The molecule has 0 amide bonds. The highest BCUT2D eigenvalue weighted by molar-refractivity contribution is 5.21. The first-order chi connectivity index (χ1) is 8.16. The average molecular weight is 235 g/mol. The smallest absolute Gasteiger partial charge is 0.137 e. The fourth-order valence-electron chi connectivity index (χ4n) is 1.75. The van der Waals surface area contributed by atoms with Gasteiger partial charge in [0, 0.05) is 18.6 Å². The summed E-state index contributed by atoms with van der Waals surface area (Å²) in [5.74, 6) is 0.818. The van der Waals surface area contributed by atoms with Crippen molar-refractivity contribution in [1.29, 1.82) is 0 Å². The van der Waals surface area contributed by atoms with E-state index in [4.69, 9.17) is 10.5 Å². The predicted molar refractivity (Wildman–Crippen MR) is 68.0 cm³/mol. The first-order valence-corrected chi connectivity index (χ1v) is 6.21. The molecule has 0 radical (unpaired) electrons. The second-order valence-electron chi connectivity index (χ2n) is 4.77. The van der Waals surface area contributed by atoms with Gasteiger partial charge in [0.05, 0.1) is 11.9 Å². The van der Waals surface area contributed by atoms with E-state index in [0.29, 0.717) is 6.61 Å². The van der Waals surface area contributed by atoms with Crippen LogP contribution in [0.3, 0.4) is 0 Å². The molecule has 4 heteroatoms. The van der Waals surface area contributed by atoms with Crippen molar-refractivity contribution in [2.45, 2.75) is 31.8 Å². The minimum atomic E-state index is -0.0231. The second kappa shape index (κ2) is 5.47. The van der Waals surface area contributed by atoms with Crippen LogP contribution in [-0.2, 0) is 0 Å². The monoisotopic (exact) mass is 235 g/mol. The van der Waals surface area contributed by atoms with Crippen LogP contribution in [0.2, 0.25) is 0 Å². The molecule has 1 aliphatic rings. The van der Waals surface area contributed by atoms with E-state index in [1.54, 1.807) is 6.20 Å². The average Bonchev–Trinajstić information content (AvgIpc) is 3.13. The van der Waals surface area contributed by atoms with Gasteiger partial charge in [-0.15, -0.1) is 0 Å². The van der Waals surface area contributed by atoms with Crippen LogP contribution in [-0.4, -0.2) is 36.1 Å². The molecule has 0 bridgehead atoms. The number of aromatic nitrogens is 1. The lowest BCUT2D eigenvalue weighted by molar-refractivity contribution is 0.231. The van der Waals surface area contributed by atoms with Gasteiger partial charge in [-0.1, -0.05) is 0 Å². The summed E-state index contributed by atoms with van der Waals surface area (Å²) in [6.07, 6.45) is 4.41. The summed E-state index contributed by atoms with van der Waals surface area (Å²) < 4.78 is 5.64. The summed E-state index contributed by atoms with van der Waals surface area (Å²) in [6, 6.07) is 4.62. The minimum Gasteiger partial charge on any atom is -0.491 e. The van der Waals surface area contributed by atoms with Gasteiger partial charge in [0.25, 0.3) is 0 Å². The van der Waals surface area contributed by atoms with Crippen molar-refractivity contribution in [3.8, 4) is 5.75 Å². The van der Waals surface area contributed by atoms with E-state index in [-0.39, 0.29) is 6.04 Å². The zero-order valence-corrected chi connectivity index (χ0v) is 10.6. The SMILES string of the molecule is C[C@H](N)c1ccc(OCCN(C)C2CC2)cn1. The molecule has 1 aromatic heterocycles. The molecule has 0 spiro atoms. The van der Waals surface area contributed by atoms with Crippen LogP contribution >= 0.6 is 0 Å². The molecule has 0 aromatic carbocycles. The lowest BCUT2D eigenvalue weighted by Gasteiger charge is -2.15. The maximum atomic E-state index is 5.73. The maximum Gasteiger partial charge on any atom is 0.137 e. The van der Waals surface area contributed by atoms with E-state index in [2.05, 4.69) is 16.9 Å². The second-order valence-corrected chi connectivity index (χ2v) is 4.77. The van der Waals surface area contributed by atoms with Crippen molar-refractivity contribution >= 4 is 0 Å². The lowest BCUT2D eigenvalue weighted by Crippen LogP contribution is -2.26. The Bertz CT molecular complexity index is 346. The summed E-state index contributed by atoms with van der Waals surface area (Å²) in [7, 11) is 2.15. The number of hydrogen-bond donors (Lipinski definition) is 1. The van der Waals surface area contributed by atoms with E-state index in [1.165, 1.54) is 12.8 Å². The third kappa shape index (κ3) is 3.68. The van der Waals surface area contributed by atoms with Gasteiger partial charge in [-0.05, 0) is 38.9 Å². The molecular formula is C13H21N3O. The van der Waals surface area contributed by atoms with Crippen molar-refractivity contribution in [1.82, 2.24) is 9.88 Å². The first kappa shape index (κ1) is 12.3. The normalized spacial score (nSPS) is 17.2. The van der Waals surface area contributed by atoms with Crippen molar-refractivity contribution in [2.75, 3.05) is 20.2 Å². The highest BCUT2D eigenvalue weighted by atomic mass is 16.5. The molecule has 17 heavy (non-hydrogen) atoms. The summed E-state index contributed by atoms with van der Waals surface area (Å²) >= 11 is 0. The fraction of sp³-hybridized carbons (Fsp3) is 0.615. The van der Waals surface area contributed by atoms with Crippen LogP contribution in [0.15, 0.2) is 18.3 Å². The molecule has 2 rings (SSSR count). The van der Waals surface area contributed by atoms with E-state index < -0.39 is 0 Å². The zero-order valence-electron chi connectivity index (χ0n) is 10.6. The Kier molecular flexibility index (Phi) is 3.97. The first-order valence-electron chi connectivity index (χ1n) is 6.21. The Morgan fingerprint density at radius 1 is 1.53 bits per heavy atom. The van der Waals surface area contributed by atoms with Crippen molar-refractivity contribution in [3.05, 3.63) is 24.0 Å².